The zero-order chi connectivity index (χ0) is 8.20. The van der Waals surface area contributed by atoms with E-state index in [0.717, 1.165) is 6.08 Å². The summed E-state index contributed by atoms with van der Waals surface area (Å²) in [6.07, 6.45) is 1.15. The highest BCUT2D eigenvalue weighted by Crippen LogP contribution is 2.23. The molecule has 0 unspecified atom stereocenters. The maximum atomic E-state index is 9.99. The third-order valence-corrected chi connectivity index (χ3v) is 1.61. The Morgan fingerprint density at radius 3 is 2.30 bits per heavy atom. The van der Waals surface area contributed by atoms with Gasteiger partial charge in [0.2, 0.25) is 0 Å². The van der Waals surface area contributed by atoms with Crippen molar-refractivity contribution in [2.75, 3.05) is 0 Å². The molecule has 0 aromatic carbocycles. The van der Waals surface area contributed by atoms with E-state index in [1.807, 2.05) is 20.8 Å². The maximum absolute atomic E-state index is 9.99. The van der Waals surface area contributed by atoms with E-state index in [1.54, 1.807) is 5.41 Å². The molecule has 10 heavy (non-hydrogen) atoms. The van der Waals surface area contributed by atoms with Crippen molar-refractivity contribution in [1.29, 1.82) is 0 Å². The second-order valence-corrected chi connectivity index (χ2v) is 4.60. The van der Waals surface area contributed by atoms with E-state index in [9.17, 15) is 4.79 Å². The summed E-state index contributed by atoms with van der Waals surface area (Å²) in [6.45, 7) is 6.09. The number of thioether (sulfide) groups is 1. The van der Waals surface area contributed by atoms with Crippen molar-refractivity contribution in [3.8, 4) is 0 Å². The van der Waals surface area contributed by atoms with Gasteiger partial charge in [0.05, 0.1) is 0 Å². The lowest BCUT2D eigenvalue weighted by Crippen LogP contribution is -2.04. The molecular formula is C7H12O2S. The van der Waals surface area contributed by atoms with Crippen LogP contribution < -0.4 is 0 Å². The van der Waals surface area contributed by atoms with Crippen LogP contribution in [0.4, 0.5) is 0 Å². The molecule has 0 rings (SSSR count). The van der Waals surface area contributed by atoms with Gasteiger partial charge < -0.3 is 5.11 Å². The molecule has 0 aromatic heterocycles. The Labute approximate surface area is 65.3 Å². The minimum atomic E-state index is -0.892. The number of carbonyl (C=O) groups is 1. The van der Waals surface area contributed by atoms with Gasteiger partial charge in [0.15, 0.2) is 0 Å². The summed E-state index contributed by atoms with van der Waals surface area (Å²) in [5.74, 6) is -0.892. The summed E-state index contributed by atoms with van der Waals surface area (Å²) in [5, 5.41) is 9.81. The van der Waals surface area contributed by atoms with Gasteiger partial charge in [0.1, 0.15) is 0 Å². The summed E-state index contributed by atoms with van der Waals surface area (Å²) < 4.78 is 0.103. The topological polar surface area (TPSA) is 37.3 Å². The molecule has 0 saturated carbocycles. The van der Waals surface area contributed by atoms with Crippen molar-refractivity contribution in [2.24, 2.45) is 0 Å². The summed E-state index contributed by atoms with van der Waals surface area (Å²) in [6, 6.07) is 0. The lowest BCUT2D eigenvalue weighted by Gasteiger charge is -2.13. The molecule has 0 bridgehead atoms. The molecule has 1 N–H and O–H groups in total. The fraction of sp³-hybridized carbons (Fsp3) is 0.571. The van der Waals surface area contributed by atoms with E-state index in [1.165, 1.54) is 11.8 Å². The van der Waals surface area contributed by atoms with Crippen molar-refractivity contribution in [2.45, 2.75) is 25.5 Å². The van der Waals surface area contributed by atoms with Crippen LogP contribution in [0.5, 0.6) is 0 Å². The molecule has 2 nitrogen and oxygen atoms in total. The van der Waals surface area contributed by atoms with Gasteiger partial charge in [-0.3, -0.25) is 0 Å². The fourth-order valence-corrected chi connectivity index (χ4v) is 0.889. The lowest BCUT2D eigenvalue weighted by molar-refractivity contribution is -0.131. The van der Waals surface area contributed by atoms with Gasteiger partial charge in [-0.05, 0) is 5.41 Å². The summed E-state index contributed by atoms with van der Waals surface area (Å²) >= 11 is 1.50. The minimum Gasteiger partial charge on any atom is -0.478 e. The highest BCUT2D eigenvalue weighted by atomic mass is 32.2. The van der Waals surface area contributed by atoms with Crippen LogP contribution in [-0.2, 0) is 4.79 Å². The summed E-state index contributed by atoms with van der Waals surface area (Å²) in [4.78, 5) is 9.99. The number of rotatable bonds is 2. The molecule has 0 aliphatic heterocycles. The van der Waals surface area contributed by atoms with Crippen LogP contribution in [0.1, 0.15) is 20.8 Å². The number of carboxylic acid groups (broad SMARTS) is 1. The Hall–Kier alpha value is -0.440. The first kappa shape index (κ1) is 9.56. The molecule has 3 heteroatoms. The highest BCUT2D eigenvalue weighted by Gasteiger charge is 2.07. The number of hydrogen-bond acceptors (Lipinski definition) is 2. The van der Waals surface area contributed by atoms with Crippen LogP contribution in [0.25, 0.3) is 0 Å². The van der Waals surface area contributed by atoms with Crippen molar-refractivity contribution < 1.29 is 9.90 Å². The molecule has 0 saturated heterocycles. The van der Waals surface area contributed by atoms with E-state index in [-0.39, 0.29) is 4.75 Å². The standard InChI is InChI=1S/C7H12O2S/c1-7(2,3)10-5-4-6(8)9/h4-5H,1-3H3,(H,8,9). The van der Waals surface area contributed by atoms with Gasteiger partial charge in [0.25, 0.3) is 0 Å². The van der Waals surface area contributed by atoms with Gasteiger partial charge >= 0.3 is 5.97 Å². The van der Waals surface area contributed by atoms with E-state index in [0.29, 0.717) is 0 Å². The van der Waals surface area contributed by atoms with Crippen LogP contribution in [0, 0.1) is 0 Å². The van der Waals surface area contributed by atoms with Gasteiger partial charge in [-0.15, -0.1) is 11.8 Å². The molecule has 0 atom stereocenters. The maximum Gasteiger partial charge on any atom is 0.328 e. The first-order valence-electron chi connectivity index (χ1n) is 2.99. The minimum absolute atomic E-state index is 0.103. The molecule has 0 aliphatic rings. The molecule has 0 radical (unpaired) electrons. The number of aliphatic carboxylic acids is 1. The average molecular weight is 160 g/mol. The van der Waals surface area contributed by atoms with Crippen LogP contribution in [0.3, 0.4) is 0 Å². The molecule has 0 fully saturated rings. The van der Waals surface area contributed by atoms with Crippen molar-refractivity contribution >= 4 is 17.7 Å². The molecular weight excluding hydrogens is 148 g/mol. The molecule has 0 amide bonds. The predicted octanol–water partition coefficient (Wildman–Crippen LogP) is 2.12. The van der Waals surface area contributed by atoms with Crippen LogP contribution in [0.15, 0.2) is 11.5 Å². The van der Waals surface area contributed by atoms with E-state index >= 15 is 0 Å². The zero-order valence-corrected chi connectivity index (χ0v) is 7.23. The molecule has 58 valence electrons. The third kappa shape index (κ3) is 7.56. The molecule has 0 heterocycles. The fourth-order valence-electron chi connectivity index (χ4n) is 0.296. The van der Waals surface area contributed by atoms with Crippen LogP contribution >= 0.6 is 11.8 Å². The normalized spacial score (nSPS) is 12.3. The lowest BCUT2D eigenvalue weighted by atomic mass is 10.3. The van der Waals surface area contributed by atoms with Crippen LogP contribution in [-0.4, -0.2) is 15.8 Å². The first-order valence-corrected chi connectivity index (χ1v) is 3.87. The quantitative estimate of drug-likeness (QED) is 0.629. The summed E-state index contributed by atoms with van der Waals surface area (Å²) in [5.41, 5.74) is 0. The third-order valence-electron chi connectivity index (χ3n) is 0.632. The van der Waals surface area contributed by atoms with Gasteiger partial charge in [-0.25, -0.2) is 4.79 Å². The van der Waals surface area contributed by atoms with Gasteiger partial charge in [0, 0.05) is 10.8 Å². The predicted molar refractivity (Wildman–Crippen MR) is 44.1 cm³/mol. The van der Waals surface area contributed by atoms with Crippen LogP contribution in [0.2, 0.25) is 0 Å². The zero-order valence-electron chi connectivity index (χ0n) is 6.42. The van der Waals surface area contributed by atoms with E-state index in [2.05, 4.69) is 0 Å². The number of carboxylic acids is 1. The Bertz CT molecular complexity index is 144. The Morgan fingerprint density at radius 1 is 1.50 bits per heavy atom. The monoisotopic (exact) mass is 160 g/mol. The Morgan fingerprint density at radius 2 is 2.00 bits per heavy atom. The average Bonchev–Trinajstić information content (AvgIpc) is 1.59. The van der Waals surface area contributed by atoms with Crippen molar-refractivity contribution in [3.05, 3.63) is 11.5 Å². The Kier molecular flexibility index (Phi) is 3.50. The molecule has 0 aromatic rings. The smallest absolute Gasteiger partial charge is 0.328 e. The van der Waals surface area contributed by atoms with Gasteiger partial charge in [-0.2, -0.15) is 0 Å². The van der Waals surface area contributed by atoms with Crippen molar-refractivity contribution in [1.82, 2.24) is 0 Å². The van der Waals surface area contributed by atoms with Gasteiger partial charge in [-0.1, -0.05) is 20.8 Å². The molecule has 0 spiro atoms. The second kappa shape index (κ2) is 3.66. The second-order valence-electron chi connectivity index (χ2n) is 2.87. The summed E-state index contributed by atoms with van der Waals surface area (Å²) in [7, 11) is 0. The number of hydrogen-bond donors (Lipinski definition) is 1. The van der Waals surface area contributed by atoms with E-state index < -0.39 is 5.97 Å². The SMILES string of the molecule is CC(C)(C)SC=CC(=O)O. The van der Waals surface area contributed by atoms with Crippen molar-refractivity contribution in [3.63, 3.8) is 0 Å². The Balaban J connectivity index is 3.64. The van der Waals surface area contributed by atoms with E-state index in [4.69, 9.17) is 5.11 Å². The highest BCUT2D eigenvalue weighted by molar-refractivity contribution is 8.03. The molecule has 0 aliphatic carbocycles. The first-order chi connectivity index (χ1) is 4.42. The largest absolute Gasteiger partial charge is 0.478 e.